The normalized spacial score (nSPS) is 10.2. The number of aromatic hydroxyl groups is 1. The average molecular weight is 415 g/mol. The third kappa shape index (κ3) is 11.8. The Labute approximate surface area is 174 Å². The zero-order valence-electron chi connectivity index (χ0n) is 18.8. The van der Waals surface area contributed by atoms with E-state index in [-0.39, 0.29) is 36.5 Å². The Morgan fingerprint density at radius 1 is 0.759 bits per heavy atom. The molecular formula is C21H38N2O6. The minimum absolute atomic E-state index is 0.0671. The first-order chi connectivity index (χ1) is 13.3. The number of amides is 2. The van der Waals surface area contributed by atoms with Crippen LogP contribution in [0.25, 0.3) is 0 Å². The van der Waals surface area contributed by atoms with Gasteiger partial charge in [0.15, 0.2) is 0 Å². The van der Waals surface area contributed by atoms with Gasteiger partial charge in [-0.2, -0.15) is 0 Å². The molecule has 0 saturated heterocycles. The van der Waals surface area contributed by atoms with E-state index >= 15 is 0 Å². The number of benzene rings is 1. The highest BCUT2D eigenvalue weighted by Gasteiger charge is 2.18. The SMILES string of the molecule is CC(C)N(C(=O)O)C(C)C.CC(C)N(C(=O)O)C(C)C.OCc1ccccc1O. The van der Waals surface area contributed by atoms with Crippen molar-refractivity contribution in [3.05, 3.63) is 29.8 Å². The molecule has 0 spiro atoms. The summed E-state index contributed by atoms with van der Waals surface area (Å²) in [5.41, 5.74) is 0.567. The van der Waals surface area contributed by atoms with Crippen LogP contribution in [0.2, 0.25) is 0 Å². The van der Waals surface area contributed by atoms with Crippen molar-refractivity contribution < 1.29 is 30.0 Å². The van der Waals surface area contributed by atoms with E-state index in [0.717, 1.165) is 0 Å². The van der Waals surface area contributed by atoms with Crippen molar-refractivity contribution in [1.82, 2.24) is 9.80 Å². The van der Waals surface area contributed by atoms with Crippen LogP contribution < -0.4 is 0 Å². The van der Waals surface area contributed by atoms with Crippen LogP contribution in [-0.4, -0.2) is 66.6 Å². The highest BCUT2D eigenvalue weighted by molar-refractivity contribution is 5.66. The van der Waals surface area contributed by atoms with Crippen LogP contribution in [0, 0.1) is 0 Å². The van der Waals surface area contributed by atoms with E-state index in [1.54, 1.807) is 24.3 Å². The van der Waals surface area contributed by atoms with Crippen molar-refractivity contribution in [2.24, 2.45) is 0 Å². The predicted molar refractivity (Wildman–Crippen MR) is 114 cm³/mol. The summed E-state index contributed by atoms with van der Waals surface area (Å²) in [4.78, 5) is 23.8. The summed E-state index contributed by atoms with van der Waals surface area (Å²) in [6.07, 6.45) is -1.69. The topological polar surface area (TPSA) is 122 Å². The second-order valence-electron chi connectivity index (χ2n) is 7.54. The summed E-state index contributed by atoms with van der Waals surface area (Å²) < 4.78 is 0. The molecule has 0 bridgehead atoms. The fourth-order valence-electron chi connectivity index (χ4n) is 2.72. The quantitative estimate of drug-likeness (QED) is 0.565. The molecule has 8 heteroatoms. The largest absolute Gasteiger partial charge is 0.508 e. The molecule has 0 aliphatic rings. The molecule has 0 aliphatic heterocycles. The van der Waals surface area contributed by atoms with Crippen LogP contribution in [0.1, 0.15) is 61.0 Å². The molecule has 0 fully saturated rings. The molecule has 4 N–H and O–H groups in total. The molecule has 1 rings (SSSR count). The average Bonchev–Trinajstić information content (AvgIpc) is 2.54. The van der Waals surface area contributed by atoms with Gasteiger partial charge in [-0.25, -0.2) is 9.59 Å². The Bertz CT molecular complexity index is 557. The van der Waals surface area contributed by atoms with E-state index in [2.05, 4.69) is 0 Å². The number of carboxylic acid groups (broad SMARTS) is 2. The summed E-state index contributed by atoms with van der Waals surface area (Å²) in [5, 5.41) is 34.8. The molecule has 0 heterocycles. The molecule has 0 atom stereocenters. The molecule has 168 valence electrons. The van der Waals surface area contributed by atoms with E-state index < -0.39 is 12.2 Å². The number of aliphatic hydroxyl groups excluding tert-OH is 1. The maximum absolute atomic E-state index is 10.5. The summed E-state index contributed by atoms with van der Waals surface area (Å²) in [6.45, 7) is 14.8. The maximum Gasteiger partial charge on any atom is 0.407 e. The van der Waals surface area contributed by atoms with Gasteiger partial charge in [0.25, 0.3) is 0 Å². The summed E-state index contributed by atoms with van der Waals surface area (Å²) in [7, 11) is 0. The maximum atomic E-state index is 10.5. The molecule has 2 amide bonds. The van der Waals surface area contributed by atoms with Crippen molar-refractivity contribution in [2.45, 2.75) is 86.2 Å². The zero-order chi connectivity index (χ0) is 23.3. The van der Waals surface area contributed by atoms with E-state index in [4.69, 9.17) is 20.4 Å². The molecule has 0 aliphatic carbocycles. The summed E-state index contributed by atoms with van der Waals surface area (Å²) in [6, 6.07) is 6.98. The Balaban J connectivity index is 0. The van der Waals surface area contributed by atoms with Gasteiger partial charge >= 0.3 is 12.2 Å². The van der Waals surface area contributed by atoms with Crippen molar-refractivity contribution >= 4 is 12.2 Å². The van der Waals surface area contributed by atoms with Crippen LogP contribution in [0.4, 0.5) is 9.59 Å². The molecule has 1 aromatic rings. The first kappa shape index (κ1) is 28.7. The Kier molecular flexibility index (Phi) is 14.4. The monoisotopic (exact) mass is 414 g/mol. The zero-order valence-corrected chi connectivity index (χ0v) is 18.8. The van der Waals surface area contributed by atoms with Gasteiger partial charge in [0.1, 0.15) is 5.75 Å². The van der Waals surface area contributed by atoms with E-state index in [0.29, 0.717) is 5.56 Å². The van der Waals surface area contributed by atoms with Crippen LogP contribution >= 0.6 is 0 Å². The van der Waals surface area contributed by atoms with Crippen LogP contribution in [0.5, 0.6) is 5.75 Å². The number of carbonyl (C=O) groups is 2. The summed E-state index contributed by atoms with van der Waals surface area (Å²) in [5.74, 6) is 0.153. The minimum Gasteiger partial charge on any atom is -0.508 e. The lowest BCUT2D eigenvalue weighted by molar-refractivity contribution is 0.115. The van der Waals surface area contributed by atoms with Gasteiger partial charge < -0.3 is 30.2 Å². The highest BCUT2D eigenvalue weighted by atomic mass is 16.4. The van der Waals surface area contributed by atoms with Crippen LogP contribution in [0.15, 0.2) is 24.3 Å². The molecule has 0 unspecified atom stereocenters. The minimum atomic E-state index is -0.843. The molecule has 1 aromatic carbocycles. The predicted octanol–water partition coefficient (Wildman–Crippen LogP) is 4.45. The third-order valence-corrected chi connectivity index (χ3v) is 3.83. The number of nitrogens with zero attached hydrogens (tertiary/aromatic N) is 2. The summed E-state index contributed by atoms with van der Waals surface area (Å²) >= 11 is 0. The molecular weight excluding hydrogens is 376 g/mol. The first-order valence-electron chi connectivity index (χ1n) is 9.68. The van der Waals surface area contributed by atoms with E-state index in [1.807, 2.05) is 55.4 Å². The lowest BCUT2D eigenvalue weighted by Crippen LogP contribution is -2.40. The third-order valence-electron chi connectivity index (χ3n) is 3.83. The van der Waals surface area contributed by atoms with Crippen molar-refractivity contribution in [2.75, 3.05) is 0 Å². The second-order valence-corrected chi connectivity index (χ2v) is 7.54. The Morgan fingerprint density at radius 2 is 1.07 bits per heavy atom. The number of hydrogen-bond acceptors (Lipinski definition) is 4. The lowest BCUT2D eigenvalue weighted by atomic mass is 10.2. The van der Waals surface area contributed by atoms with Gasteiger partial charge in [-0.15, -0.1) is 0 Å². The van der Waals surface area contributed by atoms with Crippen LogP contribution in [-0.2, 0) is 6.61 Å². The van der Waals surface area contributed by atoms with Gasteiger partial charge in [0.05, 0.1) is 6.61 Å². The van der Waals surface area contributed by atoms with Gasteiger partial charge in [-0.05, 0) is 61.5 Å². The fourth-order valence-corrected chi connectivity index (χ4v) is 2.72. The number of para-hydroxylation sites is 1. The Hall–Kier alpha value is -2.48. The molecule has 8 nitrogen and oxygen atoms in total. The van der Waals surface area contributed by atoms with Crippen LogP contribution in [0.3, 0.4) is 0 Å². The molecule has 0 saturated carbocycles. The molecule has 0 radical (unpaired) electrons. The van der Waals surface area contributed by atoms with Crippen molar-refractivity contribution in [3.63, 3.8) is 0 Å². The van der Waals surface area contributed by atoms with Crippen molar-refractivity contribution in [3.8, 4) is 5.75 Å². The van der Waals surface area contributed by atoms with E-state index in [1.165, 1.54) is 9.80 Å². The van der Waals surface area contributed by atoms with Gasteiger partial charge in [0.2, 0.25) is 0 Å². The number of phenols is 1. The molecule has 29 heavy (non-hydrogen) atoms. The number of hydrogen-bond donors (Lipinski definition) is 4. The number of aliphatic hydroxyl groups is 1. The lowest BCUT2D eigenvalue weighted by Gasteiger charge is -2.27. The van der Waals surface area contributed by atoms with Crippen molar-refractivity contribution in [1.29, 1.82) is 0 Å². The van der Waals surface area contributed by atoms with E-state index in [9.17, 15) is 9.59 Å². The van der Waals surface area contributed by atoms with Gasteiger partial charge in [-0.1, -0.05) is 18.2 Å². The van der Waals surface area contributed by atoms with Gasteiger partial charge in [0, 0.05) is 29.7 Å². The van der Waals surface area contributed by atoms with Gasteiger partial charge in [-0.3, -0.25) is 0 Å². The second kappa shape index (κ2) is 14.5. The highest BCUT2D eigenvalue weighted by Crippen LogP contribution is 2.14. The molecule has 0 aromatic heterocycles. The Morgan fingerprint density at radius 3 is 1.21 bits per heavy atom. The fraction of sp³-hybridized carbons (Fsp3) is 0.619. The number of rotatable bonds is 5. The standard InChI is InChI=1S/2C7H15NO2.C7H8O2/c2*1-5(2)8(6(3)4)7(9)10;8-5-6-3-1-2-4-7(6)9/h2*5-6H,1-4H3,(H,9,10);1-4,8-9H,5H2. The smallest absolute Gasteiger partial charge is 0.407 e. The first-order valence-corrected chi connectivity index (χ1v) is 9.68.